The highest BCUT2D eigenvalue weighted by molar-refractivity contribution is 14.1. The average molecular weight is 464 g/mol. The number of rotatable bonds is 4. The van der Waals surface area contributed by atoms with Crippen LogP contribution < -0.4 is 10.9 Å². The lowest BCUT2D eigenvalue weighted by Gasteiger charge is -2.10. The maximum absolute atomic E-state index is 12.5. The topological polar surface area (TPSA) is 107 Å². The predicted octanol–water partition coefficient (Wildman–Crippen LogP) is 2.86. The van der Waals surface area contributed by atoms with E-state index in [0.29, 0.717) is 5.69 Å². The van der Waals surface area contributed by atoms with E-state index in [2.05, 4.69) is 32.9 Å². The molecule has 1 N–H and O–H groups in total. The molecule has 0 bridgehead atoms. The van der Waals surface area contributed by atoms with E-state index in [-0.39, 0.29) is 29.0 Å². The molecule has 0 aliphatic carbocycles. The largest absolute Gasteiger partial charge is 0.324 e. The Morgan fingerprint density at radius 1 is 1.31 bits per heavy atom. The Balaban J connectivity index is 1.85. The molecule has 132 valence electrons. The number of aryl methyl sites for hydroxylation is 1. The first-order chi connectivity index (χ1) is 12.3. The summed E-state index contributed by atoms with van der Waals surface area (Å²) in [5.41, 5.74) is 1.23. The Labute approximate surface area is 161 Å². The van der Waals surface area contributed by atoms with Gasteiger partial charge in [0, 0.05) is 21.4 Å². The second kappa shape index (κ2) is 7.20. The molecule has 0 unspecified atom stereocenters. The summed E-state index contributed by atoms with van der Waals surface area (Å²) in [7, 11) is 0. The SMILES string of the molecule is Cc1cc(I)ccc1NC(=O)Cn1cnc2cc([N+](=O)[O-])ccc2c1=O. The number of benzene rings is 2. The number of amides is 1. The maximum Gasteiger partial charge on any atom is 0.271 e. The van der Waals surface area contributed by atoms with Gasteiger partial charge in [-0.1, -0.05) is 0 Å². The molecule has 0 saturated heterocycles. The van der Waals surface area contributed by atoms with Gasteiger partial charge in [-0.3, -0.25) is 24.3 Å². The fraction of sp³-hybridized carbons (Fsp3) is 0.118. The van der Waals surface area contributed by atoms with Crippen molar-refractivity contribution in [1.82, 2.24) is 9.55 Å². The Hall–Kier alpha value is -2.82. The lowest BCUT2D eigenvalue weighted by atomic mass is 10.2. The summed E-state index contributed by atoms with van der Waals surface area (Å²) < 4.78 is 2.23. The van der Waals surface area contributed by atoms with Gasteiger partial charge in [0.1, 0.15) is 6.54 Å². The van der Waals surface area contributed by atoms with Crippen LogP contribution in [0.3, 0.4) is 0 Å². The fourth-order valence-corrected chi connectivity index (χ4v) is 3.13. The summed E-state index contributed by atoms with van der Waals surface area (Å²) in [6, 6.07) is 9.43. The Morgan fingerprint density at radius 3 is 2.77 bits per heavy atom. The number of carbonyl (C=O) groups excluding carboxylic acids is 1. The van der Waals surface area contributed by atoms with Gasteiger partial charge in [0.25, 0.3) is 11.2 Å². The first kappa shape index (κ1) is 18.0. The van der Waals surface area contributed by atoms with Gasteiger partial charge in [0.15, 0.2) is 0 Å². The van der Waals surface area contributed by atoms with E-state index in [1.165, 1.54) is 29.1 Å². The summed E-state index contributed by atoms with van der Waals surface area (Å²) in [6.07, 6.45) is 1.22. The third-order valence-electron chi connectivity index (χ3n) is 3.80. The van der Waals surface area contributed by atoms with Gasteiger partial charge in [-0.2, -0.15) is 0 Å². The van der Waals surface area contributed by atoms with E-state index in [0.717, 1.165) is 9.13 Å². The van der Waals surface area contributed by atoms with Crippen LogP contribution in [0.4, 0.5) is 11.4 Å². The molecule has 26 heavy (non-hydrogen) atoms. The van der Waals surface area contributed by atoms with Crippen LogP contribution in [0.1, 0.15) is 5.56 Å². The van der Waals surface area contributed by atoms with Crippen LogP contribution in [0.25, 0.3) is 10.9 Å². The van der Waals surface area contributed by atoms with E-state index >= 15 is 0 Å². The molecule has 0 aliphatic rings. The zero-order chi connectivity index (χ0) is 18.8. The van der Waals surface area contributed by atoms with Gasteiger partial charge < -0.3 is 5.32 Å². The molecule has 0 fully saturated rings. The monoisotopic (exact) mass is 464 g/mol. The normalized spacial score (nSPS) is 10.7. The van der Waals surface area contributed by atoms with Gasteiger partial charge >= 0.3 is 0 Å². The molecule has 9 heteroatoms. The van der Waals surface area contributed by atoms with Crippen molar-refractivity contribution in [1.29, 1.82) is 0 Å². The van der Waals surface area contributed by atoms with Gasteiger partial charge in [-0.05, 0) is 59.3 Å². The molecule has 1 aromatic heterocycles. The smallest absolute Gasteiger partial charge is 0.271 e. The number of hydrogen-bond donors (Lipinski definition) is 1. The third kappa shape index (κ3) is 3.72. The minimum absolute atomic E-state index is 0.144. The molecule has 0 atom stereocenters. The van der Waals surface area contributed by atoms with Crippen LogP contribution in [0, 0.1) is 20.6 Å². The molecule has 8 nitrogen and oxygen atoms in total. The number of hydrogen-bond acceptors (Lipinski definition) is 5. The molecule has 0 saturated carbocycles. The van der Waals surface area contributed by atoms with Crippen LogP contribution in [0.15, 0.2) is 47.5 Å². The lowest BCUT2D eigenvalue weighted by Crippen LogP contribution is -2.28. The highest BCUT2D eigenvalue weighted by atomic mass is 127. The minimum atomic E-state index is -0.552. The molecule has 1 amide bonds. The van der Waals surface area contributed by atoms with Crippen molar-refractivity contribution in [3.05, 3.63) is 72.3 Å². The van der Waals surface area contributed by atoms with Gasteiger partial charge in [0.05, 0.1) is 22.2 Å². The number of nitro benzene ring substituents is 1. The number of carbonyl (C=O) groups is 1. The Morgan fingerprint density at radius 2 is 2.08 bits per heavy atom. The number of aromatic nitrogens is 2. The highest BCUT2D eigenvalue weighted by Crippen LogP contribution is 2.18. The Bertz CT molecular complexity index is 1090. The van der Waals surface area contributed by atoms with Gasteiger partial charge in [0.2, 0.25) is 5.91 Å². The zero-order valence-corrected chi connectivity index (χ0v) is 15.8. The highest BCUT2D eigenvalue weighted by Gasteiger charge is 2.12. The summed E-state index contributed by atoms with van der Waals surface area (Å²) in [6.45, 7) is 1.68. The quantitative estimate of drug-likeness (QED) is 0.363. The molecular weight excluding hydrogens is 451 g/mol. The number of nitrogens with zero attached hydrogens (tertiary/aromatic N) is 3. The molecule has 0 aliphatic heterocycles. The number of anilines is 1. The third-order valence-corrected chi connectivity index (χ3v) is 4.47. The van der Waals surface area contributed by atoms with Crippen LogP contribution in [-0.2, 0) is 11.3 Å². The molecule has 2 aromatic carbocycles. The van der Waals surface area contributed by atoms with Crippen molar-refractivity contribution in [2.24, 2.45) is 0 Å². The maximum atomic E-state index is 12.5. The summed E-state index contributed by atoms with van der Waals surface area (Å²) >= 11 is 2.18. The standard InChI is InChI=1S/C17H13IN4O4/c1-10-6-11(18)2-5-14(10)20-16(23)8-21-9-19-15-7-12(22(25)26)3-4-13(15)17(21)24/h2-7,9H,8H2,1H3,(H,20,23). The second-order valence-corrected chi connectivity index (χ2v) is 6.89. The zero-order valence-electron chi connectivity index (χ0n) is 13.6. The molecule has 3 rings (SSSR count). The minimum Gasteiger partial charge on any atom is -0.324 e. The summed E-state index contributed by atoms with van der Waals surface area (Å²) in [5.74, 6) is -0.362. The van der Waals surface area contributed by atoms with Gasteiger partial charge in [-0.15, -0.1) is 0 Å². The predicted molar refractivity (Wildman–Crippen MR) is 105 cm³/mol. The average Bonchev–Trinajstić information content (AvgIpc) is 2.59. The number of fused-ring (bicyclic) bond motifs is 1. The lowest BCUT2D eigenvalue weighted by molar-refractivity contribution is -0.384. The summed E-state index contributed by atoms with van der Waals surface area (Å²) in [5, 5.41) is 13.8. The molecule has 0 spiro atoms. The van der Waals surface area contributed by atoms with E-state index in [1.54, 1.807) is 6.07 Å². The van der Waals surface area contributed by atoms with Crippen LogP contribution in [-0.4, -0.2) is 20.4 Å². The molecule has 1 heterocycles. The van der Waals surface area contributed by atoms with Crippen LogP contribution >= 0.6 is 22.6 Å². The van der Waals surface area contributed by atoms with Gasteiger partial charge in [-0.25, -0.2) is 4.98 Å². The number of non-ortho nitro benzene ring substituents is 1. The van der Waals surface area contributed by atoms with E-state index in [1.807, 2.05) is 19.1 Å². The van der Waals surface area contributed by atoms with Crippen LogP contribution in [0.5, 0.6) is 0 Å². The van der Waals surface area contributed by atoms with E-state index in [4.69, 9.17) is 0 Å². The Kier molecular flexibility index (Phi) is 4.98. The van der Waals surface area contributed by atoms with Crippen molar-refractivity contribution in [2.45, 2.75) is 13.5 Å². The van der Waals surface area contributed by atoms with Crippen molar-refractivity contribution in [2.75, 3.05) is 5.32 Å². The number of nitro groups is 1. The van der Waals surface area contributed by atoms with Crippen molar-refractivity contribution >= 4 is 50.8 Å². The first-order valence-corrected chi connectivity index (χ1v) is 8.62. The first-order valence-electron chi connectivity index (χ1n) is 7.55. The molecular formula is C17H13IN4O4. The van der Waals surface area contributed by atoms with E-state index < -0.39 is 10.5 Å². The molecule has 3 aromatic rings. The van der Waals surface area contributed by atoms with Crippen molar-refractivity contribution in [3.8, 4) is 0 Å². The number of nitrogens with one attached hydrogen (secondary N) is 1. The van der Waals surface area contributed by atoms with Crippen molar-refractivity contribution in [3.63, 3.8) is 0 Å². The number of halogens is 1. The van der Waals surface area contributed by atoms with Crippen molar-refractivity contribution < 1.29 is 9.72 Å². The van der Waals surface area contributed by atoms with E-state index in [9.17, 15) is 19.7 Å². The molecule has 0 radical (unpaired) electrons. The fourth-order valence-electron chi connectivity index (χ4n) is 2.48. The second-order valence-electron chi connectivity index (χ2n) is 5.64. The summed E-state index contributed by atoms with van der Waals surface area (Å²) in [4.78, 5) is 39.0. The van der Waals surface area contributed by atoms with Crippen LogP contribution in [0.2, 0.25) is 0 Å².